The molecule has 0 amide bonds. The Hall–Kier alpha value is -1.18. The second-order valence-corrected chi connectivity index (χ2v) is 7.17. The Morgan fingerprint density at radius 1 is 1.30 bits per heavy atom. The third-order valence-corrected chi connectivity index (χ3v) is 5.16. The quantitative estimate of drug-likeness (QED) is 0.512. The molecular weight excluding hydrogens is 304 g/mol. The highest BCUT2D eigenvalue weighted by Gasteiger charge is 2.29. The number of halogens is 1. The van der Waals surface area contributed by atoms with Crippen LogP contribution in [0.3, 0.4) is 0 Å². The van der Waals surface area contributed by atoms with Crippen LogP contribution in [0.15, 0.2) is 24.3 Å². The largest absolute Gasteiger partial charge is 0.269 e. The number of nitrogens with one attached hydrogen (secondary N) is 1. The van der Waals surface area contributed by atoms with Crippen LogP contribution < -0.4 is 4.72 Å². The summed E-state index contributed by atoms with van der Waals surface area (Å²) in [6.45, 7) is 0. The predicted molar refractivity (Wildman–Crippen MR) is 76.1 cm³/mol. The lowest BCUT2D eigenvalue weighted by Gasteiger charge is -2.15. The summed E-state index contributed by atoms with van der Waals surface area (Å²) in [6, 6.07) is 5.27. The van der Waals surface area contributed by atoms with E-state index in [0.717, 1.165) is 19.3 Å². The van der Waals surface area contributed by atoms with Gasteiger partial charge in [0.25, 0.3) is 5.69 Å². The lowest BCUT2D eigenvalue weighted by Crippen LogP contribution is -2.38. The highest BCUT2D eigenvalue weighted by molar-refractivity contribution is 7.88. The van der Waals surface area contributed by atoms with Gasteiger partial charge >= 0.3 is 0 Å². The van der Waals surface area contributed by atoms with Crippen molar-refractivity contribution in [3.8, 4) is 0 Å². The number of benzene rings is 1. The zero-order valence-electron chi connectivity index (χ0n) is 10.7. The molecule has 2 atom stereocenters. The first-order valence-corrected chi connectivity index (χ1v) is 8.34. The van der Waals surface area contributed by atoms with Gasteiger partial charge in [0.05, 0.1) is 10.7 Å². The van der Waals surface area contributed by atoms with Gasteiger partial charge in [0, 0.05) is 23.6 Å². The number of sulfonamides is 1. The third-order valence-electron chi connectivity index (χ3n) is 3.27. The highest BCUT2D eigenvalue weighted by Crippen LogP contribution is 2.25. The van der Waals surface area contributed by atoms with E-state index in [1.165, 1.54) is 24.3 Å². The van der Waals surface area contributed by atoms with Gasteiger partial charge in [-0.1, -0.05) is 18.6 Å². The smallest absolute Gasteiger partial charge is 0.258 e. The van der Waals surface area contributed by atoms with Crippen LogP contribution in [0.25, 0.3) is 0 Å². The maximum absolute atomic E-state index is 12.0. The molecule has 1 fully saturated rings. The maximum Gasteiger partial charge on any atom is 0.269 e. The fraction of sp³-hybridized carbons (Fsp3) is 0.500. The van der Waals surface area contributed by atoms with Gasteiger partial charge in [0.15, 0.2) is 0 Å². The molecule has 0 saturated heterocycles. The van der Waals surface area contributed by atoms with Crippen molar-refractivity contribution in [2.24, 2.45) is 0 Å². The van der Waals surface area contributed by atoms with Gasteiger partial charge in [0.2, 0.25) is 10.0 Å². The summed E-state index contributed by atoms with van der Waals surface area (Å²) in [4.78, 5) is 10.0. The Labute approximate surface area is 122 Å². The fourth-order valence-electron chi connectivity index (χ4n) is 2.25. The lowest BCUT2D eigenvalue weighted by atomic mass is 10.2. The van der Waals surface area contributed by atoms with Gasteiger partial charge in [-0.15, -0.1) is 11.6 Å². The number of rotatable bonds is 5. The molecule has 1 N–H and O–H groups in total. The first-order chi connectivity index (χ1) is 9.37. The van der Waals surface area contributed by atoms with Gasteiger partial charge < -0.3 is 0 Å². The molecule has 1 aromatic carbocycles. The molecule has 0 bridgehead atoms. The number of alkyl halides is 1. The van der Waals surface area contributed by atoms with Crippen LogP contribution in [0.2, 0.25) is 0 Å². The zero-order chi connectivity index (χ0) is 14.8. The van der Waals surface area contributed by atoms with Gasteiger partial charge in [0.1, 0.15) is 0 Å². The topological polar surface area (TPSA) is 89.3 Å². The van der Waals surface area contributed by atoms with Crippen molar-refractivity contribution in [1.82, 2.24) is 4.72 Å². The molecule has 1 aromatic rings. The molecule has 6 nitrogen and oxygen atoms in total. The number of hydrogen-bond acceptors (Lipinski definition) is 4. The number of nitro groups is 1. The van der Waals surface area contributed by atoms with Crippen molar-refractivity contribution >= 4 is 27.3 Å². The van der Waals surface area contributed by atoms with Crippen molar-refractivity contribution < 1.29 is 13.3 Å². The highest BCUT2D eigenvalue weighted by atomic mass is 35.5. The molecule has 1 saturated carbocycles. The van der Waals surface area contributed by atoms with Crippen LogP contribution in [0, 0.1) is 10.1 Å². The Morgan fingerprint density at radius 3 is 2.45 bits per heavy atom. The Bertz CT molecular complexity index is 588. The average Bonchev–Trinajstić information content (AvgIpc) is 2.74. The van der Waals surface area contributed by atoms with E-state index in [9.17, 15) is 18.5 Å². The van der Waals surface area contributed by atoms with E-state index in [2.05, 4.69) is 4.72 Å². The van der Waals surface area contributed by atoms with E-state index in [1.54, 1.807) is 0 Å². The standard InChI is InChI=1S/C12H15ClN2O4S/c13-11-2-1-3-12(11)14-20(18,19)8-9-4-6-10(7-5-9)15(16)17/h4-7,11-12,14H,1-3,8H2. The normalized spacial score (nSPS) is 22.9. The van der Waals surface area contributed by atoms with Crippen molar-refractivity contribution in [2.75, 3.05) is 0 Å². The predicted octanol–water partition coefficient (Wildman–Crippen LogP) is 2.17. The third kappa shape index (κ3) is 3.91. The molecule has 1 aliphatic carbocycles. The Morgan fingerprint density at radius 2 is 1.95 bits per heavy atom. The molecule has 2 unspecified atom stereocenters. The van der Waals surface area contributed by atoms with Gasteiger partial charge in [-0.05, 0) is 18.4 Å². The summed E-state index contributed by atoms with van der Waals surface area (Å²) in [6.07, 6.45) is 2.47. The van der Waals surface area contributed by atoms with Crippen LogP contribution in [0.5, 0.6) is 0 Å². The van der Waals surface area contributed by atoms with Crippen LogP contribution >= 0.6 is 11.6 Å². The Kier molecular flexibility index (Phi) is 4.62. The SMILES string of the molecule is O=[N+]([O-])c1ccc(CS(=O)(=O)NC2CCCC2Cl)cc1. The van der Waals surface area contributed by atoms with Gasteiger partial charge in [-0.2, -0.15) is 0 Å². The van der Waals surface area contributed by atoms with Crippen molar-refractivity contribution in [3.63, 3.8) is 0 Å². The molecule has 8 heteroatoms. The Balaban J connectivity index is 2.02. The molecule has 0 aromatic heterocycles. The summed E-state index contributed by atoms with van der Waals surface area (Å²) in [5, 5.41) is 10.4. The van der Waals surface area contributed by atoms with E-state index in [0.29, 0.717) is 5.56 Å². The minimum absolute atomic E-state index is 0.0595. The van der Waals surface area contributed by atoms with Gasteiger partial charge in [-0.3, -0.25) is 10.1 Å². The van der Waals surface area contributed by atoms with Crippen molar-refractivity contribution in [2.45, 2.75) is 36.4 Å². The van der Waals surface area contributed by atoms with E-state index in [4.69, 9.17) is 11.6 Å². The second-order valence-electron chi connectivity index (χ2n) is 4.85. The molecule has 2 rings (SSSR count). The average molecular weight is 319 g/mol. The monoisotopic (exact) mass is 318 g/mol. The van der Waals surface area contributed by atoms with E-state index >= 15 is 0 Å². The first kappa shape index (κ1) is 15.2. The van der Waals surface area contributed by atoms with Crippen LogP contribution in [0.1, 0.15) is 24.8 Å². The number of nitro benzene ring substituents is 1. The van der Waals surface area contributed by atoms with E-state index in [1.807, 2.05) is 0 Å². The van der Waals surface area contributed by atoms with Crippen LogP contribution in [-0.4, -0.2) is 24.8 Å². The molecule has 0 radical (unpaired) electrons. The van der Waals surface area contributed by atoms with Crippen LogP contribution in [-0.2, 0) is 15.8 Å². The zero-order valence-corrected chi connectivity index (χ0v) is 12.2. The minimum atomic E-state index is -3.49. The molecule has 110 valence electrons. The van der Waals surface area contributed by atoms with Crippen molar-refractivity contribution in [3.05, 3.63) is 39.9 Å². The molecule has 1 aliphatic rings. The molecule has 20 heavy (non-hydrogen) atoms. The van der Waals surface area contributed by atoms with Gasteiger partial charge in [-0.25, -0.2) is 13.1 Å². The summed E-state index contributed by atoms with van der Waals surface area (Å²) in [5.41, 5.74) is 0.447. The summed E-state index contributed by atoms with van der Waals surface area (Å²) in [5.74, 6) is -0.203. The van der Waals surface area contributed by atoms with Crippen LogP contribution in [0.4, 0.5) is 5.69 Å². The first-order valence-electron chi connectivity index (χ1n) is 6.25. The summed E-state index contributed by atoms with van der Waals surface area (Å²) in [7, 11) is -3.49. The fourth-order valence-corrected chi connectivity index (χ4v) is 4.13. The molecule has 0 heterocycles. The van der Waals surface area contributed by atoms with E-state index < -0.39 is 14.9 Å². The van der Waals surface area contributed by atoms with Crippen molar-refractivity contribution in [1.29, 1.82) is 0 Å². The second kappa shape index (κ2) is 6.07. The number of hydrogen-bond donors (Lipinski definition) is 1. The number of nitrogens with zero attached hydrogens (tertiary/aromatic N) is 1. The molecule has 0 aliphatic heterocycles. The lowest BCUT2D eigenvalue weighted by molar-refractivity contribution is -0.384. The number of non-ortho nitro benzene ring substituents is 1. The summed E-state index contributed by atoms with van der Waals surface area (Å²) >= 11 is 6.04. The minimum Gasteiger partial charge on any atom is -0.258 e. The molecular formula is C12H15ClN2O4S. The van der Waals surface area contributed by atoms with E-state index in [-0.39, 0.29) is 22.9 Å². The maximum atomic E-state index is 12.0. The molecule has 0 spiro atoms. The summed E-state index contributed by atoms with van der Waals surface area (Å²) < 4.78 is 26.6.